The van der Waals surface area contributed by atoms with Gasteiger partial charge in [0.2, 0.25) is 5.91 Å². The lowest BCUT2D eigenvalue weighted by Crippen LogP contribution is -2.48. The van der Waals surface area contributed by atoms with Crippen molar-refractivity contribution in [2.45, 2.75) is 38.2 Å². The largest absolute Gasteiger partial charge is 0.379 e. The van der Waals surface area contributed by atoms with Crippen molar-refractivity contribution < 1.29 is 9.90 Å². The van der Waals surface area contributed by atoms with Crippen LogP contribution in [0.3, 0.4) is 0 Å². The first-order valence-electron chi connectivity index (χ1n) is 5.59. The Morgan fingerprint density at radius 3 is 2.71 bits per heavy atom. The van der Waals surface area contributed by atoms with Crippen LogP contribution in [0.1, 0.15) is 38.2 Å². The quantitative estimate of drug-likeness (QED) is 0.816. The van der Waals surface area contributed by atoms with Crippen LogP contribution in [-0.2, 0) is 4.79 Å². The molecule has 1 aromatic rings. The summed E-state index contributed by atoms with van der Waals surface area (Å²) in [7, 11) is 0. The number of aliphatic hydroxyl groups is 1. The summed E-state index contributed by atoms with van der Waals surface area (Å²) < 4.78 is 0.677. The molecule has 2 atom stereocenters. The molecule has 3 N–H and O–H groups in total. The summed E-state index contributed by atoms with van der Waals surface area (Å²) in [6, 6.07) is 3.60. The van der Waals surface area contributed by atoms with Crippen LogP contribution in [-0.4, -0.2) is 21.6 Å². The van der Waals surface area contributed by atoms with Crippen molar-refractivity contribution in [2.75, 3.05) is 0 Å². The number of hydrogen-bond acceptors (Lipinski definition) is 3. The standard InChI is InChI=1S/C12H17BrN2O2/c1-3-9(12(17,4-2)11(14)16)8-5-6-15-10(13)7-8/h5-7,9,17H,3-4H2,1-2H3,(H2,14,16). The van der Waals surface area contributed by atoms with E-state index in [0.717, 1.165) is 5.56 Å². The third-order valence-corrected chi connectivity index (χ3v) is 3.54. The molecule has 0 aliphatic heterocycles. The van der Waals surface area contributed by atoms with Crippen LogP contribution >= 0.6 is 15.9 Å². The van der Waals surface area contributed by atoms with E-state index in [1.807, 2.05) is 6.92 Å². The molecule has 0 aliphatic rings. The smallest absolute Gasteiger partial charge is 0.250 e. The second kappa shape index (κ2) is 5.60. The highest BCUT2D eigenvalue weighted by molar-refractivity contribution is 9.10. The van der Waals surface area contributed by atoms with E-state index in [9.17, 15) is 9.90 Å². The van der Waals surface area contributed by atoms with E-state index < -0.39 is 11.5 Å². The highest BCUT2D eigenvalue weighted by atomic mass is 79.9. The summed E-state index contributed by atoms with van der Waals surface area (Å²) >= 11 is 3.28. The lowest BCUT2D eigenvalue weighted by Gasteiger charge is -2.32. The van der Waals surface area contributed by atoms with Gasteiger partial charge in [0.25, 0.3) is 0 Å². The molecular formula is C12H17BrN2O2. The number of rotatable bonds is 5. The Bertz CT molecular complexity index is 411. The van der Waals surface area contributed by atoms with Gasteiger partial charge < -0.3 is 10.8 Å². The monoisotopic (exact) mass is 300 g/mol. The van der Waals surface area contributed by atoms with Crippen molar-refractivity contribution in [1.29, 1.82) is 0 Å². The van der Waals surface area contributed by atoms with Gasteiger partial charge in [-0.2, -0.15) is 0 Å². The number of nitrogens with two attached hydrogens (primary N) is 1. The fourth-order valence-corrected chi connectivity index (χ4v) is 2.46. The lowest BCUT2D eigenvalue weighted by atomic mass is 9.78. The van der Waals surface area contributed by atoms with Crippen LogP contribution in [0.15, 0.2) is 22.9 Å². The van der Waals surface area contributed by atoms with Crippen LogP contribution < -0.4 is 5.73 Å². The number of halogens is 1. The third kappa shape index (κ3) is 2.84. The second-order valence-corrected chi connectivity index (χ2v) is 4.83. The van der Waals surface area contributed by atoms with Crippen molar-refractivity contribution in [2.24, 2.45) is 5.73 Å². The molecule has 1 heterocycles. The number of carbonyl (C=O) groups excluding carboxylic acids is 1. The number of amides is 1. The van der Waals surface area contributed by atoms with Crippen molar-refractivity contribution in [3.8, 4) is 0 Å². The van der Waals surface area contributed by atoms with Crippen LogP contribution in [0.2, 0.25) is 0 Å². The number of pyridine rings is 1. The summed E-state index contributed by atoms with van der Waals surface area (Å²) in [5, 5.41) is 10.4. The number of nitrogens with zero attached hydrogens (tertiary/aromatic N) is 1. The van der Waals surface area contributed by atoms with E-state index >= 15 is 0 Å². The normalized spacial score (nSPS) is 16.2. The molecule has 0 saturated heterocycles. The van der Waals surface area contributed by atoms with Crippen LogP contribution in [0.4, 0.5) is 0 Å². The maximum Gasteiger partial charge on any atom is 0.250 e. The maximum absolute atomic E-state index is 11.5. The minimum atomic E-state index is -1.50. The summed E-state index contributed by atoms with van der Waals surface area (Å²) in [4.78, 5) is 15.5. The van der Waals surface area contributed by atoms with E-state index in [-0.39, 0.29) is 5.92 Å². The Balaban J connectivity index is 3.18. The van der Waals surface area contributed by atoms with Gasteiger partial charge in [-0.15, -0.1) is 0 Å². The number of carbonyl (C=O) groups is 1. The van der Waals surface area contributed by atoms with Gasteiger partial charge in [-0.3, -0.25) is 4.79 Å². The Morgan fingerprint density at radius 1 is 1.65 bits per heavy atom. The van der Waals surface area contributed by atoms with E-state index in [1.165, 1.54) is 0 Å². The van der Waals surface area contributed by atoms with Gasteiger partial charge in [-0.25, -0.2) is 4.98 Å². The molecule has 4 nitrogen and oxygen atoms in total. The molecule has 1 rings (SSSR count). The van der Waals surface area contributed by atoms with Crippen LogP contribution in [0, 0.1) is 0 Å². The second-order valence-electron chi connectivity index (χ2n) is 4.01. The summed E-state index contributed by atoms with van der Waals surface area (Å²) in [5.74, 6) is -0.996. The Kier molecular flexibility index (Phi) is 4.65. The van der Waals surface area contributed by atoms with Gasteiger partial charge in [-0.1, -0.05) is 13.8 Å². The summed E-state index contributed by atoms with van der Waals surface area (Å²) in [5.41, 5.74) is 4.67. The maximum atomic E-state index is 11.5. The minimum absolute atomic E-state index is 0.292. The molecule has 5 heteroatoms. The zero-order chi connectivity index (χ0) is 13.1. The van der Waals surface area contributed by atoms with Crippen molar-refractivity contribution in [1.82, 2.24) is 4.98 Å². The zero-order valence-corrected chi connectivity index (χ0v) is 11.6. The predicted octanol–water partition coefficient (Wildman–Crippen LogP) is 1.96. The highest BCUT2D eigenvalue weighted by Gasteiger charge is 2.40. The summed E-state index contributed by atoms with van der Waals surface area (Å²) in [6.45, 7) is 3.67. The van der Waals surface area contributed by atoms with Crippen LogP contribution in [0.25, 0.3) is 0 Å². The third-order valence-electron chi connectivity index (χ3n) is 3.10. The van der Waals surface area contributed by atoms with E-state index in [4.69, 9.17) is 5.73 Å². The van der Waals surface area contributed by atoms with Gasteiger partial charge in [0, 0.05) is 12.1 Å². The van der Waals surface area contributed by atoms with Gasteiger partial charge in [0.05, 0.1) is 0 Å². The average Bonchev–Trinajstić information content (AvgIpc) is 2.29. The van der Waals surface area contributed by atoms with Crippen molar-refractivity contribution in [3.63, 3.8) is 0 Å². The lowest BCUT2D eigenvalue weighted by molar-refractivity contribution is -0.139. The topological polar surface area (TPSA) is 76.2 Å². The fourth-order valence-electron chi connectivity index (χ4n) is 2.08. The molecule has 0 aromatic carbocycles. The Hall–Kier alpha value is -0.940. The Labute approximate surface area is 109 Å². The van der Waals surface area contributed by atoms with Gasteiger partial charge >= 0.3 is 0 Å². The van der Waals surface area contributed by atoms with Gasteiger partial charge in [-0.05, 0) is 46.5 Å². The molecule has 0 bridgehead atoms. The molecule has 0 spiro atoms. The zero-order valence-electron chi connectivity index (χ0n) is 9.98. The molecule has 0 fully saturated rings. The van der Waals surface area contributed by atoms with Crippen molar-refractivity contribution in [3.05, 3.63) is 28.5 Å². The van der Waals surface area contributed by atoms with Crippen LogP contribution in [0.5, 0.6) is 0 Å². The molecule has 1 aromatic heterocycles. The van der Waals surface area contributed by atoms with Crippen molar-refractivity contribution >= 4 is 21.8 Å². The SMILES string of the molecule is CCC(c1ccnc(Br)c1)C(O)(CC)C(N)=O. The first-order chi connectivity index (χ1) is 7.95. The number of primary amides is 1. The van der Waals surface area contributed by atoms with E-state index in [2.05, 4.69) is 20.9 Å². The van der Waals surface area contributed by atoms with Gasteiger partial charge in [0.1, 0.15) is 10.2 Å². The average molecular weight is 301 g/mol. The molecule has 17 heavy (non-hydrogen) atoms. The molecule has 94 valence electrons. The number of aromatic nitrogens is 1. The minimum Gasteiger partial charge on any atom is -0.379 e. The molecule has 0 saturated carbocycles. The van der Waals surface area contributed by atoms with Gasteiger partial charge in [0.15, 0.2) is 0 Å². The fraction of sp³-hybridized carbons (Fsp3) is 0.500. The summed E-state index contributed by atoms with van der Waals surface area (Å²) in [6.07, 6.45) is 2.56. The first kappa shape index (κ1) is 14.1. The van der Waals surface area contributed by atoms with E-state index in [0.29, 0.717) is 17.4 Å². The van der Waals surface area contributed by atoms with E-state index in [1.54, 1.807) is 25.3 Å². The highest BCUT2D eigenvalue weighted by Crippen LogP contribution is 2.34. The molecular weight excluding hydrogens is 284 g/mol. The molecule has 1 amide bonds. The predicted molar refractivity (Wildman–Crippen MR) is 69.4 cm³/mol. The first-order valence-corrected chi connectivity index (χ1v) is 6.38. The molecule has 2 unspecified atom stereocenters. The Morgan fingerprint density at radius 2 is 2.29 bits per heavy atom. The number of hydrogen-bond donors (Lipinski definition) is 2. The molecule has 0 aliphatic carbocycles. The molecule has 0 radical (unpaired) electrons.